The van der Waals surface area contributed by atoms with E-state index in [1.165, 1.54) is 62.8 Å². The number of carbonyl (C=O) groups excluding carboxylic acids is 6. The van der Waals surface area contributed by atoms with Gasteiger partial charge in [-0.3, -0.25) is 28.8 Å². The fraction of sp³-hybridized carbons (Fsp3) is 0.217. The van der Waals surface area contributed by atoms with Crippen molar-refractivity contribution in [1.29, 1.82) is 0 Å². The number of amides is 4. The van der Waals surface area contributed by atoms with Crippen molar-refractivity contribution < 1.29 is 38.2 Å². The van der Waals surface area contributed by atoms with Gasteiger partial charge in [-0.25, -0.2) is 0 Å². The number of halogens is 4. The Kier molecular flexibility index (Phi) is 17.5. The predicted molar refractivity (Wildman–Crippen MR) is 255 cm³/mol. The number of benzene rings is 5. The van der Waals surface area contributed by atoms with Gasteiger partial charge in [-0.1, -0.05) is 47.5 Å². The van der Waals surface area contributed by atoms with Crippen LogP contribution >= 0.6 is 46.4 Å². The van der Waals surface area contributed by atoms with Crippen molar-refractivity contribution in [3.8, 4) is 11.5 Å². The number of Topliss-reactive ketones (excluding diaryl/α,β-unsaturated/α-hetero) is 2. The van der Waals surface area contributed by atoms with Gasteiger partial charge in [0, 0.05) is 11.4 Å². The van der Waals surface area contributed by atoms with Crippen LogP contribution < -0.4 is 30.7 Å². The van der Waals surface area contributed by atoms with Gasteiger partial charge in [0.15, 0.2) is 23.1 Å². The first-order valence-corrected chi connectivity index (χ1v) is 21.4. The quantitative estimate of drug-likeness (QED) is 0.0375. The fourth-order valence-electron chi connectivity index (χ4n) is 6.01. The number of ether oxygens (including phenoxy) is 2. The summed E-state index contributed by atoms with van der Waals surface area (Å²) in [6, 6.07) is 21.8. The Morgan fingerprint density at radius 1 is 0.515 bits per heavy atom. The average Bonchev–Trinajstić information content (AvgIpc) is 3.27. The molecule has 0 aliphatic carbocycles. The van der Waals surface area contributed by atoms with Gasteiger partial charge in [-0.2, -0.15) is 20.5 Å². The molecule has 0 fully saturated rings. The van der Waals surface area contributed by atoms with Crippen LogP contribution in [-0.2, 0) is 19.2 Å². The van der Waals surface area contributed by atoms with Crippen molar-refractivity contribution in [1.82, 2.24) is 0 Å². The van der Waals surface area contributed by atoms with E-state index in [0.717, 1.165) is 25.0 Å². The highest BCUT2D eigenvalue weighted by Crippen LogP contribution is 2.42. The van der Waals surface area contributed by atoms with Crippen LogP contribution in [0.25, 0.3) is 0 Å². The average molecular weight is 977 g/mol. The summed E-state index contributed by atoms with van der Waals surface area (Å²) in [4.78, 5) is 78.6. The van der Waals surface area contributed by atoms with Crippen LogP contribution in [0, 0.1) is 0 Å². The van der Waals surface area contributed by atoms with Gasteiger partial charge in [-0.05, 0) is 112 Å². The summed E-state index contributed by atoms with van der Waals surface area (Å²) in [7, 11) is 2.55. The van der Waals surface area contributed by atoms with Crippen molar-refractivity contribution in [2.45, 2.75) is 50.5 Å². The van der Waals surface area contributed by atoms with Crippen LogP contribution in [0.4, 0.5) is 34.1 Å². The van der Waals surface area contributed by atoms with Gasteiger partial charge in [0.25, 0.3) is 23.6 Å². The molecule has 4 unspecified atom stereocenters. The maximum atomic E-state index is 13.5. The molecule has 342 valence electrons. The molecule has 0 heterocycles. The number of nitrogens with zero attached hydrogens (tertiary/aromatic N) is 4. The summed E-state index contributed by atoms with van der Waals surface area (Å²) in [6.07, 6.45) is 0. The minimum absolute atomic E-state index is 0.0186. The number of azo groups is 2. The van der Waals surface area contributed by atoms with Crippen molar-refractivity contribution in [3.63, 3.8) is 0 Å². The van der Waals surface area contributed by atoms with E-state index in [9.17, 15) is 28.8 Å². The Bertz CT molecular complexity index is 2530. The largest absolute Gasteiger partial charge is 0.491 e. The Morgan fingerprint density at radius 2 is 0.864 bits per heavy atom. The number of alkyl halides is 2. The Hall–Kier alpha value is -6.72. The van der Waals surface area contributed by atoms with Crippen LogP contribution in [0.3, 0.4) is 0 Å². The molecule has 0 spiro atoms. The first-order valence-electron chi connectivity index (χ1n) is 19.8. The monoisotopic (exact) mass is 974 g/mol. The number of rotatable bonds is 18. The molecule has 66 heavy (non-hydrogen) atoms. The molecule has 5 rings (SSSR count). The Balaban J connectivity index is 1.29. The molecule has 20 heteroatoms. The molecule has 0 aromatic heterocycles. The molecular weight excluding hydrogens is 934 g/mol. The van der Waals surface area contributed by atoms with Gasteiger partial charge in [0.2, 0.25) is 12.1 Å². The molecular formula is C46H42Cl4N8O8. The lowest BCUT2D eigenvalue weighted by molar-refractivity contribution is -0.127. The number of nitrogens with one attached hydrogen (secondary N) is 4. The summed E-state index contributed by atoms with van der Waals surface area (Å²) in [5.74, 6) is -4.36. The van der Waals surface area contributed by atoms with Gasteiger partial charge >= 0.3 is 0 Å². The summed E-state index contributed by atoms with van der Waals surface area (Å²) in [6.45, 7) is 5.94. The maximum absolute atomic E-state index is 13.5. The van der Waals surface area contributed by atoms with E-state index in [0.29, 0.717) is 11.4 Å². The van der Waals surface area contributed by atoms with E-state index in [2.05, 4.69) is 41.7 Å². The lowest BCUT2D eigenvalue weighted by Crippen LogP contribution is -2.32. The second kappa shape index (κ2) is 22.9. The smallest absolute Gasteiger partial charge is 0.258 e. The van der Waals surface area contributed by atoms with Gasteiger partial charge in [0.05, 0.1) is 68.9 Å². The summed E-state index contributed by atoms with van der Waals surface area (Å²) >= 11 is 24.9. The van der Waals surface area contributed by atoms with E-state index in [4.69, 9.17) is 55.9 Å². The number of carbonyl (C=O) groups is 6. The standard InChI is InChI=1S/C46H42Cl4N8O8/c1-23(47)27-7-11-29(12-8-27)51-43(61)33-21-31(15-17-35(33)49)55-57-39(25(3)59)45(63)53-37-19-20-38(42(66-6)41(37)65-5)54-46(64)40(26(4)60)58-56-32-16-18-36(50)34(22-32)44(62)52-30-13-9-28(10-14-30)24(2)48/h7-24,39-40H,1-6H3,(H,51,61)(H,52,62)(H,53,63)(H,54,64). The third-order valence-electron chi connectivity index (χ3n) is 9.53. The van der Waals surface area contributed by atoms with E-state index < -0.39 is 47.3 Å². The molecule has 4 atom stereocenters. The second-order valence-corrected chi connectivity index (χ2v) is 16.5. The Labute approximate surface area is 399 Å². The van der Waals surface area contributed by atoms with Gasteiger partial charge in [0.1, 0.15) is 0 Å². The number of methoxy groups -OCH3 is 2. The summed E-state index contributed by atoms with van der Waals surface area (Å²) < 4.78 is 11.1. The normalized spacial score (nSPS) is 13.0. The molecule has 0 aliphatic rings. The minimum atomic E-state index is -1.65. The van der Waals surface area contributed by atoms with Crippen molar-refractivity contribution in [3.05, 3.63) is 129 Å². The van der Waals surface area contributed by atoms with Gasteiger partial charge in [-0.15, -0.1) is 23.2 Å². The third-order valence-corrected chi connectivity index (χ3v) is 10.7. The summed E-state index contributed by atoms with van der Waals surface area (Å²) in [5.41, 5.74) is 3.14. The molecule has 0 radical (unpaired) electrons. The van der Waals surface area contributed by atoms with E-state index >= 15 is 0 Å². The highest BCUT2D eigenvalue weighted by atomic mass is 35.5. The van der Waals surface area contributed by atoms with Crippen LogP contribution in [0.2, 0.25) is 10.0 Å². The zero-order chi connectivity index (χ0) is 48.2. The van der Waals surface area contributed by atoms with E-state index in [1.54, 1.807) is 48.5 Å². The van der Waals surface area contributed by atoms with Crippen LogP contribution in [-0.4, -0.2) is 61.5 Å². The predicted octanol–water partition coefficient (Wildman–Crippen LogP) is 11.5. The van der Waals surface area contributed by atoms with Crippen LogP contribution in [0.5, 0.6) is 11.5 Å². The molecule has 4 amide bonds. The molecule has 0 saturated carbocycles. The Morgan fingerprint density at radius 3 is 1.17 bits per heavy atom. The van der Waals surface area contributed by atoms with Crippen LogP contribution in [0.15, 0.2) is 118 Å². The van der Waals surface area contributed by atoms with E-state index in [1.807, 2.05) is 13.8 Å². The van der Waals surface area contributed by atoms with Gasteiger partial charge < -0.3 is 30.7 Å². The first kappa shape index (κ1) is 50.3. The fourth-order valence-corrected chi connectivity index (χ4v) is 6.71. The molecule has 5 aromatic rings. The van der Waals surface area contributed by atoms with Crippen molar-refractivity contribution in [2.24, 2.45) is 20.5 Å². The highest BCUT2D eigenvalue weighted by molar-refractivity contribution is 6.35. The maximum Gasteiger partial charge on any atom is 0.258 e. The van der Waals surface area contributed by atoms with Crippen molar-refractivity contribution in [2.75, 3.05) is 35.5 Å². The zero-order valence-corrected chi connectivity index (χ0v) is 39.1. The highest BCUT2D eigenvalue weighted by Gasteiger charge is 2.28. The SMILES string of the molecule is COc1c(NC(=O)C(N=Nc2ccc(Cl)c(C(=O)Nc3ccc(C(C)Cl)cc3)c2)C(C)=O)ccc(NC(=O)C(N=Nc2ccc(Cl)c(C(=O)Nc3ccc(C(C)Cl)cc3)c2)C(C)=O)c1OC. The topological polar surface area (TPSA) is 218 Å². The number of hydrogen-bond acceptors (Lipinski definition) is 12. The minimum Gasteiger partial charge on any atom is -0.491 e. The van der Waals surface area contributed by atoms with Crippen LogP contribution in [0.1, 0.15) is 70.3 Å². The second-order valence-electron chi connectivity index (χ2n) is 14.4. The molecule has 0 bridgehead atoms. The molecule has 16 nitrogen and oxygen atoms in total. The number of anilines is 4. The number of hydrogen-bond donors (Lipinski definition) is 4. The van der Waals surface area contributed by atoms with E-state index in [-0.39, 0.29) is 66.2 Å². The zero-order valence-electron chi connectivity index (χ0n) is 36.1. The third kappa shape index (κ3) is 13.0. The molecule has 4 N–H and O–H groups in total. The summed E-state index contributed by atoms with van der Waals surface area (Å²) in [5, 5.41) is 26.5. The molecule has 5 aromatic carbocycles. The van der Waals surface area contributed by atoms with Crippen molar-refractivity contribution >= 4 is 116 Å². The first-order chi connectivity index (χ1) is 31.4. The molecule has 0 saturated heterocycles. The number of ketones is 2. The lowest BCUT2D eigenvalue weighted by Gasteiger charge is -2.19. The lowest BCUT2D eigenvalue weighted by atomic mass is 10.1. The molecule has 0 aliphatic heterocycles.